The normalized spacial score (nSPS) is 13.8. The van der Waals surface area contributed by atoms with E-state index in [2.05, 4.69) is 10.4 Å². The summed E-state index contributed by atoms with van der Waals surface area (Å²) in [6.07, 6.45) is 3.42. The van der Waals surface area contributed by atoms with E-state index in [-0.39, 0.29) is 22.9 Å². The summed E-state index contributed by atoms with van der Waals surface area (Å²) >= 11 is 0. The summed E-state index contributed by atoms with van der Waals surface area (Å²) in [6.45, 7) is 1.44. The van der Waals surface area contributed by atoms with Crippen LogP contribution < -0.4 is 11.0 Å². The molecule has 0 saturated carbocycles. The molecule has 1 aliphatic heterocycles. The van der Waals surface area contributed by atoms with Crippen molar-refractivity contribution < 1.29 is 9.59 Å². The summed E-state index contributed by atoms with van der Waals surface area (Å²) in [5.74, 6) is -0.719. The topological polar surface area (TPSA) is 84.3 Å². The van der Waals surface area contributed by atoms with Crippen LogP contribution in [0.1, 0.15) is 33.8 Å². The first-order chi connectivity index (χ1) is 11.1. The van der Waals surface area contributed by atoms with E-state index in [1.54, 1.807) is 29.2 Å². The van der Waals surface area contributed by atoms with Gasteiger partial charge in [-0.2, -0.15) is 0 Å². The Bertz CT molecular complexity index is 794. The number of nitrogens with one attached hydrogen (secondary N) is 1. The summed E-state index contributed by atoms with van der Waals surface area (Å²) in [7, 11) is 0. The maximum absolute atomic E-state index is 12.3. The molecule has 118 valence electrons. The van der Waals surface area contributed by atoms with E-state index in [0.717, 1.165) is 30.6 Å². The quantitative estimate of drug-likeness (QED) is 0.911. The van der Waals surface area contributed by atoms with Gasteiger partial charge in [-0.25, -0.2) is 9.66 Å². The van der Waals surface area contributed by atoms with Crippen molar-refractivity contribution in [3.05, 3.63) is 64.3 Å². The molecule has 1 fully saturated rings. The van der Waals surface area contributed by atoms with E-state index in [4.69, 9.17) is 0 Å². The molecule has 0 aliphatic carbocycles. The summed E-state index contributed by atoms with van der Waals surface area (Å²) in [4.78, 5) is 42.0. The third-order valence-electron chi connectivity index (χ3n) is 3.64. The number of hydrogen-bond acceptors (Lipinski definition) is 4. The monoisotopic (exact) mass is 312 g/mol. The van der Waals surface area contributed by atoms with Gasteiger partial charge >= 0.3 is 0 Å². The average molecular weight is 312 g/mol. The molecule has 0 bridgehead atoms. The Morgan fingerprint density at radius 1 is 1.00 bits per heavy atom. The Morgan fingerprint density at radius 2 is 1.74 bits per heavy atom. The highest BCUT2D eigenvalue weighted by Crippen LogP contribution is 2.12. The molecule has 0 spiro atoms. The minimum Gasteiger partial charge on any atom is -0.337 e. The third kappa shape index (κ3) is 3.28. The van der Waals surface area contributed by atoms with Crippen molar-refractivity contribution in [2.75, 3.05) is 18.5 Å². The Labute approximate surface area is 132 Å². The molecule has 1 saturated heterocycles. The van der Waals surface area contributed by atoms with E-state index < -0.39 is 5.91 Å². The molecular weight excluding hydrogens is 296 g/mol. The second-order valence-corrected chi connectivity index (χ2v) is 5.26. The SMILES string of the molecule is O=C(Nn1ccccc1=O)c1cccc(C(=O)N2CCCC2)n1. The third-order valence-corrected chi connectivity index (χ3v) is 3.64. The van der Waals surface area contributed by atoms with Gasteiger partial charge in [0, 0.05) is 25.4 Å². The molecular formula is C16H16N4O3. The number of pyridine rings is 2. The van der Waals surface area contributed by atoms with Crippen LogP contribution in [0.5, 0.6) is 0 Å². The van der Waals surface area contributed by atoms with Crippen molar-refractivity contribution in [1.82, 2.24) is 14.6 Å². The number of hydrogen-bond donors (Lipinski definition) is 1. The summed E-state index contributed by atoms with van der Waals surface area (Å²) in [6, 6.07) is 9.25. The lowest BCUT2D eigenvalue weighted by atomic mass is 10.2. The zero-order valence-corrected chi connectivity index (χ0v) is 12.4. The van der Waals surface area contributed by atoms with Gasteiger partial charge < -0.3 is 4.90 Å². The van der Waals surface area contributed by atoms with Gasteiger partial charge in [0.15, 0.2) is 0 Å². The largest absolute Gasteiger partial charge is 0.337 e. The van der Waals surface area contributed by atoms with Crippen LogP contribution in [0.15, 0.2) is 47.4 Å². The first-order valence-corrected chi connectivity index (χ1v) is 7.40. The first kappa shape index (κ1) is 15.0. The van der Waals surface area contributed by atoms with Gasteiger partial charge in [-0.05, 0) is 31.0 Å². The highest BCUT2D eigenvalue weighted by Gasteiger charge is 2.21. The average Bonchev–Trinajstić information content (AvgIpc) is 3.11. The van der Waals surface area contributed by atoms with E-state index >= 15 is 0 Å². The molecule has 1 N–H and O–H groups in total. The van der Waals surface area contributed by atoms with Crippen molar-refractivity contribution in [3.63, 3.8) is 0 Å². The van der Waals surface area contributed by atoms with Crippen LogP contribution in [0.25, 0.3) is 0 Å². The minimum atomic E-state index is -0.547. The second kappa shape index (κ2) is 6.43. The van der Waals surface area contributed by atoms with Crippen LogP contribution in [0.4, 0.5) is 0 Å². The fourth-order valence-corrected chi connectivity index (χ4v) is 2.45. The van der Waals surface area contributed by atoms with E-state index in [1.165, 1.54) is 18.3 Å². The van der Waals surface area contributed by atoms with Gasteiger partial charge in [-0.3, -0.25) is 19.8 Å². The van der Waals surface area contributed by atoms with Gasteiger partial charge in [0.25, 0.3) is 17.4 Å². The van der Waals surface area contributed by atoms with Crippen molar-refractivity contribution in [2.24, 2.45) is 0 Å². The van der Waals surface area contributed by atoms with Crippen molar-refractivity contribution in [1.29, 1.82) is 0 Å². The Hall–Kier alpha value is -2.96. The number of amides is 2. The van der Waals surface area contributed by atoms with Crippen LogP contribution in [0.3, 0.4) is 0 Å². The fourth-order valence-electron chi connectivity index (χ4n) is 2.45. The molecule has 0 unspecified atom stereocenters. The standard InChI is InChI=1S/C16H16N4O3/c21-14-8-1-2-11-20(14)18-15(22)12-6-5-7-13(17-12)16(23)19-9-3-4-10-19/h1-2,5-8,11H,3-4,9-10H2,(H,18,22). The molecule has 2 aromatic rings. The van der Waals surface area contributed by atoms with Gasteiger partial charge in [-0.15, -0.1) is 0 Å². The first-order valence-electron chi connectivity index (χ1n) is 7.40. The fraction of sp³-hybridized carbons (Fsp3) is 0.250. The molecule has 23 heavy (non-hydrogen) atoms. The molecule has 0 aromatic carbocycles. The predicted molar refractivity (Wildman–Crippen MR) is 83.8 cm³/mol. The Balaban J connectivity index is 1.79. The van der Waals surface area contributed by atoms with E-state index in [9.17, 15) is 14.4 Å². The smallest absolute Gasteiger partial charge is 0.288 e. The summed E-state index contributed by atoms with van der Waals surface area (Å²) < 4.78 is 1.07. The zero-order valence-electron chi connectivity index (χ0n) is 12.4. The lowest BCUT2D eigenvalue weighted by Crippen LogP contribution is -2.33. The molecule has 2 amide bonds. The molecule has 0 atom stereocenters. The summed E-state index contributed by atoms with van der Waals surface area (Å²) in [5, 5.41) is 0. The predicted octanol–water partition coefficient (Wildman–Crippen LogP) is 0.863. The zero-order chi connectivity index (χ0) is 16.2. The van der Waals surface area contributed by atoms with Crippen LogP contribution in [0, 0.1) is 0 Å². The van der Waals surface area contributed by atoms with Crippen LogP contribution >= 0.6 is 0 Å². The van der Waals surface area contributed by atoms with Crippen molar-refractivity contribution >= 4 is 11.8 Å². The van der Waals surface area contributed by atoms with Crippen LogP contribution in [-0.4, -0.2) is 39.5 Å². The van der Waals surface area contributed by atoms with Crippen molar-refractivity contribution in [2.45, 2.75) is 12.8 Å². The number of aromatic nitrogens is 2. The Kier molecular flexibility index (Phi) is 4.18. The molecule has 0 radical (unpaired) electrons. The number of carbonyl (C=O) groups is 2. The molecule has 7 nitrogen and oxygen atoms in total. The highest BCUT2D eigenvalue weighted by atomic mass is 16.2. The van der Waals surface area contributed by atoms with Gasteiger partial charge in [0.1, 0.15) is 11.4 Å². The van der Waals surface area contributed by atoms with Gasteiger partial charge in [0.05, 0.1) is 0 Å². The molecule has 1 aliphatic rings. The lowest BCUT2D eigenvalue weighted by Gasteiger charge is -2.14. The molecule has 3 rings (SSSR count). The Morgan fingerprint density at radius 3 is 2.48 bits per heavy atom. The van der Waals surface area contributed by atoms with E-state index in [0.29, 0.717) is 0 Å². The number of nitrogens with zero attached hydrogens (tertiary/aromatic N) is 3. The second-order valence-electron chi connectivity index (χ2n) is 5.26. The maximum Gasteiger partial charge on any atom is 0.288 e. The van der Waals surface area contributed by atoms with Gasteiger partial charge in [0.2, 0.25) is 0 Å². The highest BCUT2D eigenvalue weighted by molar-refractivity contribution is 6.00. The number of rotatable bonds is 3. The molecule has 3 heterocycles. The minimum absolute atomic E-state index is 0.0887. The number of likely N-dealkylation sites (tertiary alicyclic amines) is 1. The van der Waals surface area contributed by atoms with Gasteiger partial charge in [-0.1, -0.05) is 12.1 Å². The molecule has 2 aromatic heterocycles. The maximum atomic E-state index is 12.3. The number of carbonyl (C=O) groups excluding carboxylic acids is 2. The van der Waals surface area contributed by atoms with Crippen LogP contribution in [0.2, 0.25) is 0 Å². The lowest BCUT2D eigenvalue weighted by molar-refractivity contribution is 0.0787. The summed E-state index contributed by atoms with van der Waals surface area (Å²) in [5.41, 5.74) is 2.41. The van der Waals surface area contributed by atoms with Crippen molar-refractivity contribution in [3.8, 4) is 0 Å². The molecule has 7 heteroatoms. The van der Waals surface area contributed by atoms with E-state index in [1.807, 2.05) is 0 Å². The van der Waals surface area contributed by atoms with Crippen LogP contribution in [-0.2, 0) is 0 Å².